The smallest absolute Gasteiger partial charge is 0.0919 e. The summed E-state index contributed by atoms with van der Waals surface area (Å²) in [5, 5.41) is 0. The first kappa shape index (κ1) is 6.46. The van der Waals surface area contributed by atoms with Crippen molar-refractivity contribution in [1.29, 1.82) is 0 Å². The van der Waals surface area contributed by atoms with E-state index < -0.39 is 0 Å². The third kappa shape index (κ3) is 3.29. The van der Waals surface area contributed by atoms with Crippen LogP contribution < -0.4 is 0 Å². The first-order valence-corrected chi connectivity index (χ1v) is 1.93. The number of hydrogen-bond donors (Lipinski definition) is 2. The van der Waals surface area contributed by atoms with E-state index >= 15 is 0 Å². The molecule has 0 unspecified atom stereocenters. The molecule has 1 heterocycles. The summed E-state index contributed by atoms with van der Waals surface area (Å²) in [6, 6.07) is 0. The Kier molecular flexibility index (Phi) is 5.04. The lowest BCUT2D eigenvalue weighted by Gasteiger charge is -1.46. The van der Waals surface area contributed by atoms with Gasteiger partial charge in [-0.2, -0.15) is 0 Å². The molecular weight excluding hydrogens is 115 g/mol. The zero-order valence-corrected chi connectivity index (χ0v) is 4.26. The van der Waals surface area contributed by atoms with E-state index in [0.717, 1.165) is 0 Å². The van der Waals surface area contributed by atoms with Crippen LogP contribution in [0.4, 0.5) is 0 Å². The molecular formula is C3H5ClN2O. The maximum Gasteiger partial charge on any atom is 0.0919 e. The number of nitrogens with zero attached hydrogens (tertiary/aromatic N) is 1. The second-order valence-electron chi connectivity index (χ2n) is 0.761. The summed E-state index contributed by atoms with van der Waals surface area (Å²) in [5.74, 6) is 0. The van der Waals surface area contributed by atoms with E-state index in [4.69, 9.17) is 4.66 Å². The van der Waals surface area contributed by atoms with Crippen LogP contribution in [0.3, 0.4) is 0 Å². The highest BCUT2D eigenvalue weighted by atomic mass is 35.5. The lowest BCUT2D eigenvalue weighted by molar-refractivity contribution is 0.632. The van der Waals surface area contributed by atoms with Gasteiger partial charge in [-0.3, -0.25) is 4.66 Å². The molecule has 0 spiro atoms. The van der Waals surface area contributed by atoms with Crippen LogP contribution in [0, 0.1) is 0 Å². The molecule has 0 amide bonds. The van der Waals surface area contributed by atoms with Gasteiger partial charge in [-0.25, -0.2) is 4.98 Å². The Morgan fingerprint density at radius 1 is 1.57 bits per heavy atom. The van der Waals surface area contributed by atoms with E-state index in [1.54, 1.807) is 18.7 Å². The van der Waals surface area contributed by atoms with Crippen molar-refractivity contribution in [3.05, 3.63) is 18.7 Å². The fourth-order valence-electron chi connectivity index (χ4n) is 0.215. The van der Waals surface area contributed by atoms with Gasteiger partial charge >= 0.3 is 0 Å². The molecule has 40 valence electrons. The monoisotopic (exact) mass is 120 g/mol. The van der Waals surface area contributed by atoms with Crippen molar-refractivity contribution in [2.45, 2.75) is 0 Å². The minimum Gasteiger partial charge on any atom is -0.351 e. The van der Waals surface area contributed by atoms with Crippen LogP contribution in [-0.4, -0.2) is 14.6 Å². The number of nitrogens with one attached hydrogen (secondary N) is 1. The third-order valence-corrected chi connectivity index (χ3v) is 0.406. The molecule has 3 nitrogen and oxygen atoms in total. The molecule has 0 aliphatic rings. The van der Waals surface area contributed by atoms with Crippen LogP contribution >= 0.6 is 11.9 Å². The molecule has 1 aromatic heterocycles. The number of H-pyrrole nitrogens is 1. The minimum absolute atomic E-state index is 1.62. The minimum atomic E-state index is 1.62. The Bertz CT molecular complexity index is 69.4. The van der Waals surface area contributed by atoms with Gasteiger partial charge in [0, 0.05) is 12.4 Å². The summed E-state index contributed by atoms with van der Waals surface area (Å²) in [5.41, 5.74) is 0. The molecule has 0 aliphatic heterocycles. The summed E-state index contributed by atoms with van der Waals surface area (Å²) >= 11 is 3.64. The molecule has 0 aliphatic carbocycles. The van der Waals surface area contributed by atoms with Gasteiger partial charge in [0.2, 0.25) is 0 Å². The number of aromatic amines is 1. The predicted octanol–water partition coefficient (Wildman–Crippen LogP) is 0.542. The topological polar surface area (TPSA) is 48.9 Å². The number of hydrogen-bond acceptors (Lipinski definition) is 2. The van der Waals surface area contributed by atoms with Gasteiger partial charge in [-0.15, -0.1) is 0 Å². The van der Waals surface area contributed by atoms with E-state index in [2.05, 4.69) is 21.8 Å². The molecule has 2 N–H and O–H groups in total. The quantitative estimate of drug-likeness (QED) is 0.525. The van der Waals surface area contributed by atoms with Crippen LogP contribution in [0.25, 0.3) is 0 Å². The van der Waals surface area contributed by atoms with Gasteiger partial charge < -0.3 is 4.98 Å². The first-order valence-electron chi connectivity index (χ1n) is 1.60. The van der Waals surface area contributed by atoms with Gasteiger partial charge in [0.15, 0.2) is 0 Å². The van der Waals surface area contributed by atoms with Crippen LogP contribution in [0.15, 0.2) is 18.7 Å². The summed E-state index contributed by atoms with van der Waals surface area (Å²) in [7, 11) is 0. The van der Waals surface area contributed by atoms with Crippen molar-refractivity contribution in [2.75, 3.05) is 0 Å². The van der Waals surface area contributed by atoms with Crippen molar-refractivity contribution >= 4 is 11.9 Å². The molecule has 1 rings (SSSR count). The predicted molar refractivity (Wildman–Crippen MR) is 26.7 cm³/mol. The fourth-order valence-corrected chi connectivity index (χ4v) is 0.215. The lowest BCUT2D eigenvalue weighted by atomic mass is 11.0. The fraction of sp³-hybridized carbons (Fsp3) is 0. The van der Waals surface area contributed by atoms with Gasteiger partial charge in [0.1, 0.15) is 0 Å². The molecule has 0 saturated carbocycles. The Hall–Kier alpha value is -0.540. The standard InChI is InChI=1S/C3H4N2.ClHO/c1-2-5-3-4-1;1-2/h1-3H,(H,4,5);2H. The van der Waals surface area contributed by atoms with Gasteiger partial charge in [-0.1, -0.05) is 0 Å². The average Bonchev–Trinajstić information content (AvgIpc) is 2.23. The van der Waals surface area contributed by atoms with E-state index in [0.29, 0.717) is 0 Å². The second-order valence-corrected chi connectivity index (χ2v) is 0.761. The van der Waals surface area contributed by atoms with E-state index in [1.807, 2.05) is 0 Å². The van der Waals surface area contributed by atoms with Gasteiger partial charge in [0.25, 0.3) is 0 Å². The zero-order chi connectivity index (χ0) is 5.54. The Morgan fingerprint density at radius 2 is 2.29 bits per heavy atom. The zero-order valence-electron chi connectivity index (χ0n) is 3.50. The summed E-state index contributed by atoms with van der Waals surface area (Å²) in [4.78, 5) is 6.42. The summed E-state index contributed by atoms with van der Waals surface area (Å²) in [6.07, 6.45) is 5.08. The molecule has 0 bridgehead atoms. The average molecular weight is 121 g/mol. The molecule has 0 aromatic carbocycles. The maximum atomic E-state index is 6.47. The van der Waals surface area contributed by atoms with Crippen LogP contribution in [0.5, 0.6) is 0 Å². The van der Waals surface area contributed by atoms with Crippen molar-refractivity contribution in [3.8, 4) is 0 Å². The highest BCUT2D eigenvalue weighted by Crippen LogP contribution is 1.62. The number of imidazole rings is 1. The van der Waals surface area contributed by atoms with E-state index in [-0.39, 0.29) is 0 Å². The summed E-state index contributed by atoms with van der Waals surface area (Å²) in [6.45, 7) is 0. The molecule has 1 aromatic rings. The Labute approximate surface area is 46.1 Å². The number of halogens is 1. The lowest BCUT2D eigenvalue weighted by Crippen LogP contribution is -1.44. The molecule has 0 radical (unpaired) electrons. The Balaban J connectivity index is 0.000000162. The molecule has 0 atom stereocenters. The van der Waals surface area contributed by atoms with Crippen molar-refractivity contribution in [1.82, 2.24) is 9.97 Å². The van der Waals surface area contributed by atoms with Gasteiger partial charge in [0.05, 0.1) is 18.2 Å². The molecule has 0 fully saturated rings. The highest BCUT2D eigenvalue weighted by Gasteiger charge is 1.56. The molecule has 4 heteroatoms. The van der Waals surface area contributed by atoms with Crippen LogP contribution in [0.2, 0.25) is 0 Å². The number of rotatable bonds is 0. The Morgan fingerprint density at radius 3 is 2.43 bits per heavy atom. The SMILES string of the molecule is OCl.c1c[nH]cn1. The summed E-state index contributed by atoms with van der Waals surface area (Å²) < 4.78 is 6.47. The van der Waals surface area contributed by atoms with Crippen LogP contribution in [-0.2, 0) is 0 Å². The van der Waals surface area contributed by atoms with Crippen molar-refractivity contribution in [3.63, 3.8) is 0 Å². The van der Waals surface area contributed by atoms with Crippen molar-refractivity contribution < 1.29 is 4.66 Å². The van der Waals surface area contributed by atoms with E-state index in [9.17, 15) is 0 Å². The van der Waals surface area contributed by atoms with E-state index in [1.165, 1.54) is 0 Å². The van der Waals surface area contributed by atoms with Crippen molar-refractivity contribution in [2.24, 2.45) is 0 Å². The highest BCUT2D eigenvalue weighted by molar-refractivity contribution is 6.04. The van der Waals surface area contributed by atoms with Gasteiger partial charge in [-0.05, 0) is 0 Å². The largest absolute Gasteiger partial charge is 0.351 e. The first-order chi connectivity index (χ1) is 3.50. The third-order valence-electron chi connectivity index (χ3n) is 0.406. The normalized spacial score (nSPS) is 6.57. The maximum absolute atomic E-state index is 6.47. The molecule has 7 heavy (non-hydrogen) atoms. The van der Waals surface area contributed by atoms with Crippen LogP contribution in [0.1, 0.15) is 0 Å². The number of aromatic nitrogens is 2. The second kappa shape index (κ2) is 5.46. The molecule has 0 saturated heterocycles.